The van der Waals surface area contributed by atoms with Crippen molar-refractivity contribution in [1.82, 2.24) is 15.5 Å². The van der Waals surface area contributed by atoms with Gasteiger partial charge in [-0.05, 0) is 25.3 Å². The van der Waals surface area contributed by atoms with E-state index in [0.717, 1.165) is 19.8 Å². The SMILES string of the molecule is CCN(CC)CNC(=S)NC. The van der Waals surface area contributed by atoms with E-state index in [0.29, 0.717) is 5.11 Å². The summed E-state index contributed by atoms with van der Waals surface area (Å²) in [6.45, 7) is 7.19. The van der Waals surface area contributed by atoms with Gasteiger partial charge in [-0.1, -0.05) is 13.8 Å². The van der Waals surface area contributed by atoms with Gasteiger partial charge < -0.3 is 10.6 Å². The molecular weight excluding hydrogens is 158 g/mol. The first-order chi connectivity index (χ1) is 5.24. The number of hydrogen-bond acceptors (Lipinski definition) is 2. The third-order valence-corrected chi connectivity index (χ3v) is 1.93. The number of rotatable bonds is 4. The van der Waals surface area contributed by atoms with Crippen LogP contribution in [0.4, 0.5) is 0 Å². The zero-order valence-corrected chi connectivity index (χ0v) is 8.29. The Labute approximate surface area is 74.1 Å². The zero-order chi connectivity index (χ0) is 8.69. The van der Waals surface area contributed by atoms with Crippen LogP contribution in [-0.4, -0.2) is 36.8 Å². The van der Waals surface area contributed by atoms with Gasteiger partial charge in [0.25, 0.3) is 0 Å². The third-order valence-electron chi connectivity index (χ3n) is 1.58. The predicted octanol–water partition coefficient (Wildman–Crippen LogP) is 0.380. The van der Waals surface area contributed by atoms with Crippen molar-refractivity contribution < 1.29 is 0 Å². The minimum Gasteiger partial charge on any atom is -0.366 e. The van der Waals surface area contributed by atoms with Crippen molar-refractivity contribution in [2.24, 2.45) is 0 Å². The molecule has 0 heterocycles. The highest BCUT2D eigenvalue weighted by Gasteiger charge is 1.97. The molecule has 2 N–H and O–H groups in total. The lowest BCUT2D eigenvalue weighted by Gasteiger charge is -2.19. The van der Waals surface area contributed by atoms with Crippen LogP contribution in [0.2, 0.25) is 0 Å². The van der Waals surface area contributed by atoms with E-state index < -0.39 is 0 Å². The summed E-state index contributed by atoms with van der Waals surface area (Å²) < 4.78 is 0. The molecule has 0 aromatic carbocycles. The lowest BCUT2D eigenvalue weighted by atomic mass is 10.5. The molecule has 0 saturated heterocycles. The molecule has 3 nitrogen and oxygen atoms in total. The van der Waals surface area contributed by atoms with E-state index in [1.807, 2.05) is 7.05 Å². The van der Waals surface area contributed by atoms with Crippen LogP contribution in [0.1, 0.15) is 13.8 Å². The van der Waals surface area contributed by atoms with Crippen molar-refractivity contribution >= 4 is 17.3 Å². The lowest BCUT2D eigenvalue weighted by Crippen LogP contribution is -2.41. The summed E-state index contributed by atoms with van der Waals surface area (Å²) in [5.41, 5.74) is 0. The van der Waals surface area contributed by atoms with Gasteiger partial charge >= 0.3 is 0 Å². The minimum absolute atomic E-state index is 0.705. The van der Waals surface area contributed by atoms with E-state index in [1.54, 1.807) is 0 Å². The van der Waals surface area contributed by atoms with Crippen LogP contribution >= 0.6 is 12.2 Å². The van der Waals surface area contributed by atoms with Crippen molar-refractivity contribution in [3.8, 4) is 0 Å². The zero-order valence-electron chi connectivity index (χ0n) is 7.48. The maximum absolute atomic E-state index is 4.92. The van der Waals surface area contributed by atoms with Crippen molar-refractivity contribution in [3.63, 3.8) is 0 Å². The van der Waals surface area contributed by atoms with E-state index in [2.05, 4.69) is 29.4 Å². The van der Waals surface area contributed by atoms with Crippen molar-refractivity contribution in [2.75, 3.05) is 26.8 Å². The van der Waals surface area contributed by atoms with Crippen LogP contribution in [0.3, 0.4) is 0 Å². The molecule has 0 radical (unpaired) electrons. The van der Waals surface area contributed by atoms with Gasteiger partial charge in [0.2, 0.25) is 0 Å². The fourth-order valence-corrected chi connectivity index (χ4v) is 0.784. The molecule has 0 unspecified atom stereocenters. The summed E-state index contributed by atoms with van der Waals surface area (Å²) in [6, 6.07) is 0. The van der Waals surface area contributed by atoms with Crippen molar-refractivity contribution in [2.45, 2.75) is 13.8 Å². The number of thiocarbonyl (C=S) groups is 1. The lowest BCUT2D eigenvalue weighted by molar-refractivity contribution is 0.298. The summed E-state index contributed by atoms with van der Waals surface area (Å²) in [5, 5.41) is 6.65. The van der Waals surface area contributed by atoms with Crippen LogP contribution in [0.25, 0.3) is 0 Å². The average molecular weight is 175 g/mol. The van der Waals surface area contributed by atoms with Gasteiger partial charge in [-0.15, -0.1) is 0 Å². The molecular formula is C7H17N3S. The Hall–Kier alpha value is -0.350. The molecule has 0 aliphatic rings. The molecule has 0 aliphatic carbocycles. The minimum atomic E-state index is 0.705. The fraction of sp³-hybridized carbons (Fsp3) is 0.857. The van der Waals surface area contributed by atoms with Crippen molar-refractivity contribution in [3.05, 3.63) is 0 Å². The third kappa shape index (κ3) is 4.98. The van der Waals surface area contributed by atoms with E-state index in [4.69, 9.17) is 12.2 Å². The largest absolute Gasteiger partial charge is 0.366 e. The first kappa shape index (κ1) is 10.7. The van der Waals surface area contributed by atoms with E-state index in [9.17, 15) is 0 Å². The first-order valence-electron chi connectivity index (χ1n) is 3.92. The Balaban J connectivity index is 3.42. The Morgan fingerprint density at radius 2 is 1.91 bits per heavy atom. The highest BCUT2D eigenvalue weighted by atomic mass is 32.1. The number of nitrogens with zero attached hydrogens (tertiary/aromatic N) is 1. The van der Waals surface area contributed by atoms with Crippen LogP contribution in [0.15, 0.2) is 0 Å². The Morgan fingerprint density at radius 3 is 2.27 bits per heavy atom. The normalized spacial score (nSPS) is 9.82. The molecule has 0 amide bonds. The molecule has 4 heteroatoms. The quantitative estimate of drug-likeness (QED) is 0.477. The highest BCUT2D eigenvalue weighted by Crippen LogP contribution is 1.81. The summed E-state index contributed by atoms with van der Waals surface area (Å²) in [5.74, 6) is 0. The number of nitrogens with one attached hydrogen (secondary N) is 2. The standard InChI is InChI=1S/C7H17N3S/c1-4-10(5-2)6-9-7(11)8-3/h4-6H2,1-3H3,(H2,8,9,11). The van der Waals surface area contributed by atoms with Gasteiger partial charge in [-0.2, -0.15) is 0 Å². The smallest absolute Gasteiger partial charge is 0.167 e. The molecule has 0 rings (SSSR count). The average Bonchev–Trinajstić information content (AvgIpc) is 2.06. The molecule has 0 aliphatic heterocycles. The van der Waals surface area contributed by atoms with E-state index >= 15 is 0 Å². The summed E-state index contributed by atoms with van der Waals surface area (Å²) in [4.78, 5) is 2.25. The predicted molar refractivity (Wildman–Crippen MR) is 52.6 cm³/mol. The molecule has 0 spiro atoms. The van der Waals surface area contributed by atoms with Gasteiger partial charge in [0.05, 0.1) is 6.67 Å². The molecule has 0 atom stereocenters. The summed E-state index contributed by atoms with van der Waals surface area (Å²) in [7, 11) is 1.82. The van der Waals surface area contributed by atoms with Gasteiger partial charge in [0, 0.05) is 7.05 Å². The topological polar surface area (TPSA) is 27.3 Å². The van der Waals surface area contributed by atoms with Gasteiger partial charge in [0.15, 0.2) is 5.11 Å². The second kappa shape index (κ2) is 6.37. The van der Waals surface area contributed by atoms with Crippen LogP contribution in [0, 0.1) is 0 Å². The molecule has 0 bridgehead atoms. The van der Waals surface area contributed by atoms with E-state index in [-0.39, 0.29) is 0 Å². The van der Waals surface area contributed by atoms with Gasteiger partial charge in [-0.3, -0.25) is 4.90 Å². The first-order valence-corrected chi connectivity index (χ1v) is 4.33. The Morgan fingerprint density at radius 1 is 1.36 bits per heavy atom. The molecule has 11 heavy (non-hydrogen) atoms. The van der Waals surface area contributed by atoms with Crippen molar-refractivity contribution in [1.29, 1.82) is 0 Å². The van der Waals surface area contributed by atoms with Gasteiger partial charge in [0.1, 0.15) is 0 Å². The highest BCUT2D eigenvalue weighted by molar-refractivity contribution is 7.80. The van der Waals surface area contributed by atoms with Crippen LogP contribution < -0.4 is 10.6 Å². The second-order valence-electron chi connectivity index (χ2n) is 2.22. The summed E-state index contributed by atoms with van der Waals surface area (Å²) >= 11 is 4.92. The Bertz CT molecular complexity index is 112. The summed E-state index contributed by atoms with van der Waals surface area (Å²) in [6.07, 6.45) is 0. The van der Waals surface area contributed by atoms with E-state index in [1.165, 1.54) is 0 Å². The maximum atomic E-state index is 4.92. The molecule has 66 valence electrons. The monoisotopic (exact) mass is 175 g/mol. The van der Waals surface area contributed by atoms with Crippen LogP contribution in [0.5, 0.6) is 0 Å². The number of hydrogen-bond donors (Lipinski definition) is 2. The fourth-order valence-electron chi connectivity index (χ4n) is 0.719. The maximum Gasteiger partial charge on any atom is 0.167 e. The van der Waals surface area contributed by atoms with Gasteiger partial charge in [-0.25, -0.2) is 0 Å². The molecule has 0 saturated carbocycles. The molecule has 0 aromatic heterocycles. The molecule has 0 aromatic rings. The Kier molecular flexibility index (Phi) is 6.16. The van der Waals surface area contributed by atoms with Crippen LogP contribution in [-0.2, 0) is 0 Å². The molecule has 0 fully saturated rings. The second-order valence-corrected chi connectivity index (χ2v) is 2.63.